The lowest BCUT2D eigenvalue weighted by Crippen LogP contribution is -2.47. The van der Waals surface area contributed by atoms with E-state index in [1.165, 1.54) is 6.92 Å². The molecule has 198 valence electrons. The van der Waals surface area contributed by atoms with E-state index in [4.69, 9.17) is 23.7 Å². The highest BCUT2D eigenvalue weighted by molar-refractivity contribution is 6.48. The molecular formula is C26H48O7Si. The molecule has 7 nitrogen and oxygen atoms in total. The molecule has 6 atom stereocenters. The van der Waals surface area contributed by atoms with Gasteiger partial charge in [-0.3, -0.25) is 9.59 Å². The molecule has 6 unspecified atom stereocenters. The topological polar surface area (TPSA) is 91.3 Å². The molecule has 0 aromatic rings. The molecule has 1 aliphatic carbocycles. The first-order chi connectivity index (χ1) is 16.0. The van der Waals surface area contributed by atoms with Crippen molar-refractivity contribution >= 4 is 21.0 Å². The maximum atomic E-state index is 12.0. The Morgan fingerprint density at radius 2 is 1.79 bits per heavy atom. The summed E-state index contributed by atoms with van der Waals surface area (Å²) in [6.07, 6.45) is 7.95. The molecule has 2 rings (SSSR count). The maximum Gasteiger partial charge on any atom is 0.303 e. The van der Waals surface area contributed by atoms with Crippen LogP contribution in [0.25, 0.3) is 0 Å². The molecular weight excluding hydrogens is 452 g/mol. The number of carbonyl (C=O) groups is 2. The second-order valence-electron chi connectivity index (χ2n) is 11.4. The predicted molar refractivity (Wildman–Crippen MR) is 134 cm³/mol. The highest BCUT2D eigenvalue weighted by Gasteiger charge is 2.52. The Balaban J connectivity index is 2.23. The van der Waals surface area contributed by atoms with E-state index in [0.717, 1.165) is 51.6 Å². The predicted octanol–water partition coefficient (Wildman–Crippen LogP) is 5.31. The number of hydrogen-bond donors (Lipinski definition) is 1. The monoisotopic (exact) mass is 500 g/mol. The third-order valence-corrected chi connectivity index (χ3v) is 7.79. The summed E-state index contributed by atoms with van der Waals surface area (Å²) < 4.78 is 25.1. The van der Waals surface area contributed by atoms with Crippen LogP contribution < -0.4 is 0 Å². The van der Waals surface area contributed by atoms with E-state index < -0.39 is 15.0 Å². The minimum atomic E-state index is -1.34. The Labute approximate surface area is 208 Å². The van der Waals surface area contributed by atoms with Gasteiger partial charge in [-0.05, 0) is 50.6 Å². The van der Waals surface area contributed by atoms with Crippen LogP contribution in [-0.2, 0) is 28.2 Å². The summed E-state index contributed by atoms with van der Waals surface area (Å²) in [5.74, 6) is -0.729. The van der Waals surface area contributed by atoms with Crippen LogP contribution in [0.1, 0.15) is 91.9 Å². The van der Waals surface area contributed by atoms with Crippen molar-refractivity contribution in [3.05, 3.63) is 0 Å². The summed E-state index contributed by atoms with van der Waals surface area (Å²) >= 11 is 0. The van der Waals surface area contributed by atoms with Gasteiger partial charge in [0.25, 0.3) is 0 Å². The van der Waals surface area contributed by atoms with Crippen LogP contribution in [-0.4, -0.2) is 57.3 Å². The molecule has 1 aliphatic heterocycles. The van der Waals surface area contributed by atoms with E-state index >= 15 is 0 Å². The first-order valence-corrected chi connectivity index (χ1v) is 16.1. The Morgan fingerprint density at radius 3 is 2.35 bits per heavy atom. The van der Waals surface area contributed by atoms with Gasteiger partial charge in [-0.25, -0.2) is 0 Å². The summed E-state index contributed by atoms with van der Waals surface area (Å²) in [5, 5.41) is 8.89. The van der Waals surface area contributed by atoms with Gasteiger partial charge >= 0.3 is 11.9 Å². The Hall–Kier alpha value is -0.963. The van der Waals surface area contributed by atoms with E-state index in [-0.39, 0.29) is 54.2 Å². The van der Waals surface area contributed by atoms with Gasteiger partial charge in [0.1, 0.15) is 6.10 Å². The van der Waals surface area contributed by atoms with Crippen LogP contribution in [0.2, 0.25) is 13.1 Å². The molecule has 0 bridgehead atoms. The smallest absolute Gasteiger partial charge is 0.303 e. The van der Waals surface area contributed by atoms with Crippen LogP contribution in [0.5, 0.6) is 0 Å². The van der Waals surface area contributed by atoms with Gasteiger partial charge in [0.2, 0.25) is 0 Å². The largest absolute Gasteiger partial charge is 0.481 e. The zero-order valence-electron chi connectivity index (χ0n) is 22.2. The second-order valence-corrected chi connectivity index (χ2v) is 13.8. The number of carboxylic acids is 1. The van der Waals surface area contributed by atoms with Crippen LogP contribution in [0.4, 0.5) is 0 Å². The molecule has 1 heterocycles. The normalized spacial score (nSPS) is 28.7. The summed E-state index contributed by atoms with van der Waals surface area (Å²) in [6, 6.07) is 0. The van der Waals surface area contributed by atoms with Gasteiger partial charge in [-0.1, -0.05) is 40.0 Å². The molecule has 0 aromatic carbocycles. The lowest BCUT2D eigenvalue weighted by Gasteiger charge is -2.42. The van der Waals surface area contributed by atoms with Crippen molar-refractivity contribution in [2.24, 2.45) is 17.3 Å². The molecule has 1 N–H and O–H groups in total. The Kier molecular flexibility index (Phi) is 12.0. The summed E-state index contributed by atoms with van der Waals surface area (Å²) in [6.45, 7) is 13.3. The molecule has 0 amide bonds. The molecule has 1 saturated carbocycles. The van der Waals surface area contributed by atoms with Gasteiger partial charge in [-0.2, -0.15) is 0 Å². The van der Waals surface area contributed by atoms with Gasteiger partial charge in [0.05, 0.1) is 12.2 Å². The number of ether oxygens (including phenoxy) is 3. The van der Waals surface area contributed by atoms with Crippen LogP contribution in [0.3, 0.4) is 0 Å². The van der Waals surface area contributed by atoms with Crippen molar-refractivity contribution in [3.63, 3.8) is 0 Å². The zero-order chi connectivity index (χ0) is 25.3. The molecule has 34 heavy (non-hydrogen) atoms. The van der Waals surface area contributed by atoms with Gasteiger partial charge < -0.3 is 23.7 Å². The third kappa shape index (κ3) is 9.59. The van der Waals surface area contributed by atoms with Crippen molar-refractivity contribution in [3.8, 4) is 0 Å². The van der Waals surface area contributed by atoms with E-state index in [2.05, 4.69) is 33.9 Å². The lowest BCUT2D eigenvalue weighted by atomic mass is 9.74. The van der Waals surface area contributed by atoms with Gasteiger partial charge in [0, 0.05) is 38.2 Å². The molecule has 8 heteroatoms. The maximum absolute atomic E-state index is 12.0. The first-order valence-electron chi connectivity index (χ1n) is 13.3. The number of carboxylic acid groups (broad SMARTS) is 1. The second kappa shape index (κ2) is 13.9. The van der Waals surface area contributed by atoms with Crippen LogP contribution in [0, 0.1) is 17.3 Å². The summed E-state index contributed by atoms with van der Waals surface area (Å²) in [4.78, 5) is 22.8. The molecule has 0 radical (unpaired) electrons. The summed E-state index contributed by atoms with van der Waals surface area (Å²) in [5.41, 5.74) is -0.0815. The van der Waals surface area contributed by atoms with E-state index in [0.29, 0.717) is 12.8 Å². The van der Waals surface area contributed by atoms with E-state index in [1.807, 2.05) is 0 Å². The number of aliphatic carboxylic acids is 1. The van der Waals surface area contributed by atoms with Crippen LogP contribution >= 0.6 is 0 Å². The first kappa shape index (κ1) is 29.3. The third-order valence-electron chi connectivity index (χ3n) is 6.95. The van der Waals surface area contributed by atoms with Crippen LogP contribution in [0.15, 0.2) is 0 Å². The minimum Gasteiger partial charge on any atom is -0.481 e. The van der Waals surface area contributed by atoms with Crippen molar-refractivity contribution in [2.75, 3.05) is 6.61 Å². The van der Waals surface area contributed by atoms with Crippen molar-refractivity contribution in [1.82, 2.24) is 0 Å². The Bertz CT molecular complexity index is 627. The number of rotatable bonds is 13. The minimum absolute atomic E-state index is 0.00493. The molecule has 0 spiro atoms. The van der Waals surface area contributed by atoms with E-state index in [9.17, 15) is 9.59 Å². The Morgan fingerprint density at radius 1 is 1.09 bits per heavy atom. The number of unbranched alkanes of at least 4 members (excludes halogenated alkanes) is 3. The van der Waals surface area contributed by atoms with Gasteiger partial charge in [-0.15, -0.1) is 0 Å². The highest BCUT2D eigenvalue weighted by atomic mass is 28.3. The fraction of sp³-hybridized carbons (Fsp3) is 0.923. The molecule has 2 aliphatic rings. The molecule has 1 saturated heterocycles. The molecule has 2 fully saturated rings. The van der Waals surface area contributed by atoms with Crippen molar-refractivity contribution < 1.29 is 33.3 Å². The van der Waals surface area contributed by atoms with Crippen molar-refractivity contribution in [2.45, 2.75) is 130 Å². The van der Waals surface area contributed by atoms with Crippen molar-refractivity contribution in [1.29, 1.82) is 0 Å². The zero-order valence-corrected chi connectivity index (χ0v) is 23.4. The van der Waals surface area contributed by atoms with Gasteiger partial charge in [0.15, 0.2) is 15.3 Å². The lowest BCUT2D eigenvalue weighted by molar-refractivity contribution is -0.205. The number of carbonyl (C=O) groups excluding carboxylic acids is 1. The number of esters is 1. The average Bonchev–Trinajstić information content (AvgIpc) is 3.03. The summed E-state index contributed by atoms with van der Waals surface area (Å²) in [7, 11) is -1.34. The highest BCUT2D eigenvalue weighted by Crippen LogP contribution is 2.47. The van der Waals surface area contributed by atoms with E-state index in [1.54, 1.807) is 0 Å². The SMILES string of the molecule is CC(=O)OC1CC(OC2CCCCO2)C(C(O[SiH](C)C)C(C)(C)C)C1CCCCCCC(=O)O. The fourth-order valence-corrected chi connectivity index (χ4v) is 6.74. The fourth-order valence-electron chi connectivity index (χ4n) is 5.57. The average molecular weight is 501 g/mol. The molecule has 0 aromatic heterocycles. The quantitative estimate of drug-likeness (QED) is 0.208. The number of hydrogen-bond acceptors (Lipinski definition) is 6. The standard InChI is InChI=1S/C26H48O7Si/c1-18(27)31-20-17-21(32-23-15-11-12-16-30-23)24(25(26(2,3)4)33-34(5)6)19(20)13-9-7-8-10-14-22(28)29/h19-21,23-25,34H,7-17H2,1-6H3,(H,28,29).